The number of rotatable bonds is 4. The predicted octanol–water partition coefficient (Wildman–Crippen LogP) is 3.37. The molecule has 2 unspecified atom stereocenters. The number of nitrogens with one attached hydrogen (secondary N) is 1. The fourth-order valence-electron chi connectivity index (χ4n) is 4.13. The van der Waals surface area contributed by atoms with E-state index in [0.29, 0.717) is 12.0 Å². The summed E-state index contributed by atoms with van der Waals surface area (Å²) in [6.07, 6.45) is 11.5. The highest BCUT2D eigenvalue weighted by molar-refractivity contribution is 5.86. The van der Waals surface area contributed by atoms with E-state index in [1.165, 1.54) is 32.1 Å². The summed E-state index contributed by atoms with van der Waals surface area (Å²) in [5.41, 5.74) is 5.77. The van der Waals surface area contributed by atoms with Crippen molar-refractivity contribution in [2.45, 2.75) is 89.6 Å². The molecule has 2 saturated carbocycles. The number of carbonyl (C=O) groups excluding carboxylic acids is 1. The Bertz CT molecular complexity index is 323. The quantitative estimate of drug-likeness (QED) is 0.829. The zero-order valence-electron chi connectivity index (χ0n) is 13.3. The Labute approximate surface area is 124 Å². The molecule has 2 rings (SSSR count). The normalized spacial score (nSPS) is 38.5. The first-order valence-electron chi connectivity index (χ1n) is 8.63. The molecule has 3 N–H and O–H groups in total. The molecule has 0 aromatic heterocycles. The second-order valence-electron chi connectivity index (χ2n) is 7.34. The fraction of sp³-hybridized carbons (Fsp3) is 0.941. The van der Waals surface area contributed by atoms with Crippen molar-refractivity contribution in [2.24, 2.45) is 17.6 Å². The molecule has 0 radical (unpaired) electrons. The summed E-state index contributed by atoms with van der Waals surface area (Å²) < 4.78 is 0. The molecular weight excluding hydrogens is 248 g/mol. The van der Waals surface area contributed by atoms with Crippen molar-refractivity contribution in [1.29, 1.82) is 0 Å². The Morgan fingerprint density at radius 1 is 1.25 bits per heavy atom. The van der Waals surface area contributed by atoms with Crippen LogP contribution in [0.1, 0.15) is 78.1 Å². The number of hydrogen-bond acceptors (Lipinski definition) is 2. The van der Waals surface area contributed by atoms with E-state index in [1.54, 1.807) is 0 Å². The number of carbonyl (C=O) groups is 1. The standard InChI is InChI=1S/C17H32N2O/c1-3-5-14-7-9-15(10-8-14)19-16(20)17(18)11-4-6-13(2)12-17/h13-15H,3-12,18H2,1-2H3,(H,19,20). The first-order valence-corrected chi connectivity index (χ1v) is 8.63. The van der Waals surface area contributed by atoms with Gasteiger partial charge in [0.2, 0.25) is 5.91 Å². The average Bonchev–Trinajstić information content (AvgIpc) is 2.41. The van der Waals surface area contributed by atoms with Crippen LogP contribution in [0.3, 0.4) is 0 Å². The second-order valence-corrected chi connectivity index (χ2v) is 7.34. The van der Waals surface area contributed by atoms with Gasteiger partial charge in [-0.1, -0.05) is 39.5 Å². The van der Waals surface area contributed by atoms with E-state index >= 15 is 0 Å². The van der Waals surface area contributed by atoms with Gasteiger partial charge in [-0.05, 0) is 50.4 Å². The van der Waals surface area contributed by atoms with Gasteiger partial charge in [-0.3, -0.25) is 4.79 Å². The molecule has 2 fully saturated rings. The largest absolute Gasteiger partial charge is 0.352 e. The van der Waals surface area contributed by atoms with Gasteiger partial charge in [0.25, 0.3) is 0 Å². The Kier molecular flexibility index (Phi) is 5.48. The van der Waals surface area contributed by atoms with Crippen molar-refractivity contribution >= 4 is 5.91 Å². The van der Waals surface area contributed by atoms with Crippen LogP contribution in [-0.4, -0.2) is 17.5 Å². The highest BCUT2D eigenvalue weighted by atomic mass is 16.2. The Morgan fingerprint density at radius 3 is 2.55 bits per heavy atom. The molecule has 1 amide bonds. The maximum Gasteiger partial charge on any atom is 0.240 e. The first-order chi connectivity index (χ1) is 9.53. The maximum absolute atomic E-state index is 12.5. The van der Waals surface area contributed by atoms with Crippen molar-refractivity contribution in [1.82, 2.24) is 5.32 Å². The number of nitrogens with two attached hydrogens (primary N) is 1. The third kappa shape index (κ3) is 3.97. The third-order valence-electron chi connectivity index (χ3n) is 5.36. The van der Waals surface area contributed by atoms with E-state index in [2.05, 4.69) is 19.2 Å². The maximum atomic E-state index is 12.5. The minimum absolute atomic E-state index is 0.114. The van der Waals surface area contributed by atoms with Gasteiger partial charge in [-0.25, -0.2) is 0 Å². The van der Waals surface area contributed by atoms with Crippen LogP contribution in [0.4, 0.5) is 0 Å². The van der Waals surface area contributed by atoms with E-state index in [-0.39, 0.29) is 5.91 Å². The van der Waals surface area contributed by atoms with Crippen LogP contribution in [0, 0.1) is 11.8 Å². The van der Waals surface area contributed by atoms with E-state index in [1.807, 2.05) is 0 Å². The summed E-state index contributed by atoms with van der Waals surface area (Å²) >= 11 is 0. The van der Waals surface area contributed by atoms with E-state index in [0.717, 1.165) is 38.0 Å². The molecule has 0 bridgehead atoms. The summed E-state index contributed by atoms with van der Waals surface area (Å²) in [5, 5.41) is 3.25. The lowest BCUT2D eigenvalue weighted by molar-refractivity contribution is -0.129. The Morgan fingerprint density at radius 2 is 1.95 bits per heavy atom. The molecule has 20 heavy (non-hydrogen) atoms. The summed E-state index contributed by atoms with van der Waals surface area (Å²) in [5.74, 6) is 1.58. The van der Waals surface area contributed by atoms with Gasteiger partial charge in [0.05, 0.1) is 5.54 Å². The van der Waals surface area contributed by atoms with Gasteiger partial charge >= 0.3 is 0 Å². The lowest BCUT2D eigenvalue weighted by Crippen LogP contribution is -2.58. The van der Waals surface area contributed by atoms with Gasteiger partial charge in [-0.15, -0.1) is 0 Å². The molecule has 3 nitrogen and oxygen atoms in total. The molecule has 0 aromatic carbocycles. The van der Waals surface area contributed by atoms with Crippen molar-refractivity contribution in [3.8, 4) is 0 Å². The molecule has 0 aliphatic heterocycles. The average molecular weight is 280 g/mol. The summed E-state index contributed by atoms with van der Waals surface area (Å²) in [4.78, 5) is 12.5. The van der Waals surface area contributed by atoms with E-state index in [9.17, 15) is 4.79 Å². The zero-order chi connectivity index (χ0) is 14.6. The minimum atomic E-state index is -0.599. The van der Waals surface area contributed by atoms with Gasteiger partial charge in [-0.2, -0.15) is 0 Å². The van der Waals surface area contributed by atoms with Crippen molar-refractivity contribution in [2.75, 3.05) is 0 Å². The summed E-state index contributed by atoms with van der Waals surface area (Å²) in [7, 11) is 0. The van der Waals surface area contributed by atoms with Crippen LogP contribution in [0.2, 0.25) is 0 Å². The Balaban J connectivity index is 1.80. The van der Waals surface area contributed by atoms with Gasteiger partial charge in [0.1, 0.15) is 0 Å². The van der Waals surface area contributed by atoms with Crippen molar-refractivity contribution < 1.29 is 4.79 Å². The van der Waals surface area contributed by atoms with Crippen molar-refractivity contribution in [3.63, 3.8) is 0 Å². The Hall–Kier alpha value is -0.570. The molecule has 0 saturated heterocycles. The van der Waals surface area contributed by atoms with Crippen molar-refractivity contribution in [3.05, 3.63) is 0 Å². The zero-order valence-corrected chi connectivity index (χ0v) is 13.3. The van der Waals surface area contributed by atoms with Gasteiger partial charge in [0.15, 0.2) is 0 Å². The third-order valence-corrected chi connectivity index (χ3v) is 5.36. The first kappa shape index (κ1) is 15.8. The molecule has 0 spiro atoms. The van der Waals surface area contributed by atoms with Crippen LogP contribution < -0.4 is 11.1 Å². The molecule has 0 aromatic rings. The highest BCUT2D eigenvalue weighted by Gasteiger charge is 2.38. The second kappa shape index (κ2) is 6.93. The molecular formula is C17H32N2O. The fourth-order valence-corrected chi connectivity index (χ4v) is 4.13. The van der Waals surface area contributed by atoms with E-state index < -0.39 is 5.54 Å². The summed E-state index contributed by atoms with van der Waals surface area (Å²) in [6.45, 7) is 4.47. The molecule has 2 aliphatic rings. The van der Waals surface area contributed by atoms with Crippen LogP contribution >= 0.6 is 0 Å². The number of amides is 1. The summed E-state index contributed by atoms with van der Waals surface area (Å²) in [6, 6.07) is 0.369. The van der Waals surface area contributed by atoms with Crippen LogP contribution in [-0.2, 0) is 4.79 Å². The smallest absolute Gasteiger partial charge is 0.240 e. The van der Waals surface area contributed by atoms with Gasteiger partial charge < -0.3 is 11.1 Å². The molecule has 0 heterocycles. The lowest BCUT2D eigenvalue weighted by Gasteiger charge is -2.37. The van der Waals surface area contributed by atoms with Crippen LogP contribution in [0.15, 0.2) is 0 Å². The van der Waals surface area contributed by atoms with E-state index in [4.69, 9.17) is 5.73 Å². The monoisotopic (exact) mass is 280 g/mol. The molecule has 2 atom stereocenters. The highest BCUT2D eigenvalue weighted by Crippen LogP contribution is 2.32. The predicted molar refractivity (Wildman–Crippen MR) is 83.3 cm³/mol. The van der Waals surface area contributed by atoms with Crippen LogP contribution in [0.25, 0.3) is 0 Å². The topological polar surface area (TPSA) is 55.1 Å². The molecule has 3 heteroatoms. The van der Waals surface area contributed by atoms with Gasteiger partial charge in [0, 0.05) is 6.04 Å². The lowest BCUT2D eigenvalue weighted by atomic mass is 9.76. The minimum Gasteiger partial charge on any atom is -0.352 e. The number of hydrogen-bond donors (Lipinski definition) is 2. The molecule has 116 valence electrons. The SMILES string of the molecule is CCCC1CCC(NC(=O)C2(N)CCCC(C)C2)CC1. The van der Waals surface area contributed by atoms with Crippen LogP contribution in [0.5, 0.6) is 0 Å². The molecule has 2 aliphatic carbocycles.